The van der Waals surface area contributed by atoms with Crippen LogP contribution in [0, 0.1) is 11.7 Å². The summed E-state index contributed by atoms with van der Waals surface area (Å²) in [4.78, 5) is 28.7. The summed E-state index contributed by atoms with van der Waals surface area (Å²) in [6, 6.07) is 17.1. The van der Waals surface area contributed by atoms with Crippen LogP contribution in [-0.4, -0.2) is 66.7 Å². The maximum atomic E-state index is 13.6. The number of rotatable bonds is 3. The number of amides is 3. The molecule has 3 fully saturated rings. The summed E-state index contributed by atoms with van der Waals surface area (Å²) in [6.07, 6.45) is 2.53. The number of benzene rings is 2. The zero-order chi connectivity index (χ0) is 22.8. The molecule has 3 aliphatic heterocycles. The number of ether oxygens (including phenoxy) is 1. The Morgan fingerprint density at radius 3 is 2.33 bits per heavy atom. The van der Waals surface area contributed by atoms with Gasteiger partial charge in [0.2, 0.25) is 5.91 Å². The van der Waals surface area contributed by atoms with E-state index in [-0.39, 0.29) is 42.4 Å². The molecule has 3 heterocycles. The molecule has 2 aromatic rings. The van der Waals surface area contributed by atoms with E-state index in [1.807, 2.05) is 40.1 Å². The highest BCUT2D eigenvalue weighted by Crippen LogP contribution is 2.38. The Morgan fingerprint density at radius 2 is 1.61 bits per heavy atom. The fourth-order valence-electron chi connectivity index (χ4n) is 5.56. The number of morpholine rings is 1. The van der Waals surface area contributed by atoms with Gasteiger partial charge in [-0.05, 0) is 48.4 Å². The van der Waals surface area contributed by atoms with Gasteiger partial charge in [-0.2, -0.15) is 0 Å². The minimum absolute atomic E-state index is 0.000161. The van der Waals surface area contributed by atoms with Gasteiger partial charge in [-0.1, -0.05) is 42.5 Å². The molecule has 0 aliphatic carbocycles. The van der Waals surface area contributed by atoms with Gasteiger partial charge in [0, 0.05) is 32.1 Å². The number of nitrogens with zero attached hydrogens (tertiary/aromatic N) is 2. The van der Waals surface area contributed by atoms with E-state index in [4.69, 9.17) is 4.74 Å². The van der Waals surface area contributed by atoms with Crippen molar-refractivity contribution in [2.75, 3.05) is 32.8 Å². The average molecular weight is 452 g/mol. The molecular weight excluding hydrogens is 421 g/mol. The van der Waals surface area contributed by atoms with Gasteiger partial charge in [0.1, 0.15) is 12.4 Å². The predicted octanol–water partition coefficient (Wildman–Crippen LogP) is 3.38. The van der Waals surface area contributed by atoms with Crippen molar-refractivity contribution in [1.82, 2.24) is 15.1 Å². The largest absolute Gasteiger partial charge is 0.366 e. The smallest absolute Gasteiger partial charge is 0.320 e. The molecular formula is C26H30FN3O3. The van der Waals surface area contributed by atoms with Gasteiger partial charge in [0.05, 0.1) is 12.1 Å². The Morgan fingerprint density at radius 1 is 0.939 bits per heavy atom. The first-order valence-electron chi connectivity index (χ1n) is 11.8. The van der Waals surface area contributed by atoms with Crippen LogP contribution in [0.25, 0.3) is 0 Å². The molecule has 3 aliphatic rings. The third kappa shape index (κ3) is 4.74. The normalized spacial score (nSPS) is 24.7. The van der Waals surface area contributed by atoms with Crippen molar-refractivity contribution in [2.24, 2.45) is 5.92 Å². The maximum Gasteiger partial charge on any atom is 0.320 e. The summed E-state index contributed by atoms with van der Waals surface area (Å²) < 4.78 is 19.2. The van der Waals surface area contributed by atoms with E-state index in [2.05, 4.69) is 17.4 Å². The number of carbonyl (C=O) groups excluding carboxylic acids is 2. The molecule has 7 heteroatoms. The highest BCUT2D eigenvalue weighted by Gasteiger charge is 2.38. The van der Waals surface area contributed by atoms with Crippen molar-refractivity contribution in [3.63, 3.8) is 0 Å². The van der Waals surface area contributed by atoms with Gasteiger partial charge in [0.25, 0.3) is 0 Å². The molecule has 3 saturated heterocycles. The number of fused-ring (bicyclic) bond motifs is 1. The van der Waals surface area contributed by atoms with E-state index in [0.717, 1.165) is 24.8 Å². The Labute approximate surface area is 193 Å². The van der Waals surface area contributed by atoms with Crippen LogP contribution in [0.5, 0.6) is 0 Å². The fraction of sp³-hybridized carbons (Fsp3) is 0.462. The highest BCUT2D eigenvalue weighted by atomic mass is 19.1. The summed E-state index contributed by atoms with van der Waals surface area (Å²) in [7, 11) is 0. The molecule has 0 radical (unpaired) electrons. The Kier molecular flexibility index (Phi) is 6.31. The third-order valence-electron chi connectivity index (χ3n) is 7.26. The van der Waals surface area contributed by atoms with E-state index in [9.17, 15) is 14.0 Å². The van der Waals surface area contributed by atoms with Gasteiger partial charge < -0.3 is 19.9 Å². The molecule has 5 rings (SSSR count). The van der Waals surface area contributed by atoms with Crippen LogP contribution >= 0.6 is 0 Å². The lowest BCUT2D eigenvalue weighted by Crippen LogP contribution is -2.62. The summed E-state index contributed by atoms with van der Waals surface area (Å²) in [5.41, 5.74) is 2.34. The summed E-state index contributed by atoms with van der Waals surface area (Å²) in [5, 5.41) is 2.97. The second-order valence-corrected chi connectivity index (χ2v) is 9.31. The van der Waals surface area contributed by atoms with Crippen LogP contribution in [0.2, 0.25) is 0 Å². The van der Waals surface area contributed by atoms with E-state index in [1.54, 1.807) is 0 Å². The number of nitrogens with one attached hydrogen (secondary N) is 1. The molecule has 0 aromatic heterocycles. The molecule has 3 atom stereocenters. The lowest BCUT2D eigenvalue weighted by molar-refractivity contribution is -0.139. The number of hydrogen-bond acceptors (Lipinski definition) is 3. The summed E-state index contributed by atoms with van der Waals surface area (Å²) >= 11 is 0. The monoisotopic (exact) mass is 451 g/mol. The van der Waals surface area contributed by atoms with Crippen molar-refractivity contribution in [3.05, 3.63) is 71.5 Å². The molecule has 3 amide bonds. The number of carbonyl (C=O) groups is 2. The number of piperidine rings is 2. The lowest BCUT2D eigenvalue weighted by atomic mass is 9.76. The van der Waals surface area contributed by atoms with Crippen LogP contribution in [-0.2, 0) is 9.53 Å². The first kappa shape index (κ1) is 21.9. The van der Waals surface area contributed by atoms with Crippen LogP contribution < -0.4 is 5.32 Å². The molecule has 1 N–H and O–H groups in total. The zero-order valence-corrected chi connectivity index (χ0v) is 18.7. The van der Waals surface area contributed by atoms with Crippen molar-refractivity contribution in [3.8, 4) is 0 Å². The second kappa shape index (κ2) is 9.51. The molecule has 2 aromatic carbocycles. The van der Waals surface area contributed by atoms with Gasteiger partial charge in [-0.15, -0.1) is 0 Å². The number of urea groups is 1. The molecule has 0 saturated carbocycles. The van der Waals surface area contributed by atoms with E-state index in [1.165, 1.54) is 17.7 Å². The SMILES string of the molecule is O=C1CO[C@H]2CCN(C(=O)N3CCC([C@H](c4ccccc4)c4ccc(F)cc4)CC3)C[C@H]2N1. The Hall–Kier alpha value is -2.93. The number of hydrogen-bond donors (Lipinski definition) is 1. The van der Waals surface area contributed by atoms with Crippen LogP contribution in [0.3, 0.4) is 0 Å². The standard InChI is InChI=1S/C26H30FN3O3/c27-21-8-6-19(7-9-21)25(18-4-2-1-3-5-18)20-10-13-29(14-11-20)26(32)30-15-12-23-22(16-30)28-24(31)17-33-23/h1-9,20,22-23,25H,10-17H2,(H,28,31)/t22-,23+,25-/m1/s1. The van der Waals surface area contributed by atoms with Crippen LogP contribution in [0.1, 0.15) is 36.3 Å². The van der Waals surface area contributed by atoms with Crippen molar-refractivity contribution >= 4 is 11.9 Å². The van der Waals surface area contributed by atoms with Gasteiger partial charge in [-0.3, -0.25) is 4.79 Å². The molecule has 0 spiro atoms. The van der Waals surface area contributed by atoms with E-state index >= 15 is 0 Å². The minimum Gasteiger partial charge on any atom is -0.366 e. The van der Waals surface area contributed by atoms with Crippen molar-refractivity contribution in [1.29, 1.82) is 0 Å². The lowest BCUT2D eigenvalue weighted by Gasteiger charge is -2.44. The third-order valence-corrected chi connectivity index (χ3v) is 7.26. The Bertz CT molecular complexity index is 976. The maximum absolute atomic E-state index is 13.6. The topological polar surface area (TPSA) is 61.9 Å². The predicted molar refractivity (Wildman–Crippen MR) is 122 cm³/mol. The highest BCUT2D eigenvalue weighted by molar-refractivity contribution is 5.79. The quantitative estimate of drug-likeness (QED) is 0.778. The first-order valence-corrected chi connectivity index (χ1v) is 11.8. The molecule has 33 heavy (non-hydrogen) atoms. The van der Waals surface area contributed by atoms with E-state index < -0.39 is 0 Å². The Balaban J connectivity index is 1.25. The molecule has 0 unspecified atom stereocenters. The zero-order valence-electron chi connectivity index (χ0n) is 18.7. The van der Waals surface area contributed by atoms with Gasteiger partial charge >= 0.3 is 6.03 Å². The molecule has 6 nitrogen and oxygen atoms in total. The average Bonchev–Trinajstić information content (AvgIpc) is 2.85. The van der Waals surface area contributed by atoms with Crippen molar-refractivity contribution in [2.45, 2.75) is 37.3 Å². The van der Waals surface area contributed by atoms with E-state index in [0.29, 0.717) is 32.1 Å². The van der Waals surface area contributed by atoms with Crippen LogP contribution in [0.4, 0.5) is 9.18 Å². The second-order valence-electron chi connectivity index (χ2n) is 9.31. The summed E-state index contributed by atoms with van der Waals surface area (Å²) in [6.45, 7) is 2.65. The first-order chi connectivity index (χ1) is 16.1. The van der Waals surface area contributed by atoms with Crippen molar-refractivity contribution < 1.29 is 18.7 Å². The number of likely N-dealkylation sites (tertiary alicyclic amines) is 2. The van der Waals surface area contributed by atoms with Gasteiger partial charge in [0.15, 0.2) is 0 Å². The fourth-order valence-corrected chi connectivity index (χ4v) is 5.56. The van der Waals surface area contributed by atoms with Gasteiger partial charge in [-0.25, -0.2) is 9.18 Å². The molecule has 174 valence electrons. The van der Waals surface area contributed by atoms with Crippen LogP contribution in [0.15, 0.2) is 54.6 Å². The number of halogens is 1. The molecule has 0 bridgehead atoms. The summed E-state index contributed by atoms with van der Waals surface area (Å²) in [5.74, 6) is 0.210. The minimum atomic E-state index is -0.227.